The van der Waals surface area contributed by atoms with Gasteiger partial charge in [0.25, 0.3) is 0 Å². The van der Waals surface area contributed by atoms with E-state index in [1.54, 1.807) is 80.6 Å². The number of carbonyl (C=O) groups excluding carboxylic acids is 8. The van der Waals surface area contributed by atoms with Gasteiger partial charge in [-0.2, -0.15) is 10.2 Å². The second kappa shape index (κ2) is 29.9. The Balaban J connectivity index is 1.42. The highest BCUT2D eigenvalue weighted by Crippen LogP contribution is 2.26. The van der Waals surface area contributed by atoms with E-state index < -0.39 is 108 Å². The first-order valence-corrected chi connectivity index (χ1v) is 28.4. The average molecular weight is 1130 g/mol. The van der Waals surface area contributed by atoms with Crippen molar-refractivity contribution in [2.45, 2.75) is 101 Å². The number of amides is 8. The van der Waals surface area contributed by atoms with Crippen LogP contribution in [0.1, 0.15) is 68.8 Å². The second-order valence-electron chi connectivity index (χ2n) is 19.5. The van der Waals surface area contributed by atoms with Gasteiger partial charge in [-0.15, -0.1) is 0 Å². The van der Waals surface area contributed by atoms with E-state index in [9.17, 15) is 48.6 Å². The van der Waals surface area contributed by atoms with E-state index in [1.165, 1.54) is 31.2 Å². The number of aliphatic hydroxyl groups excluding tert-OH is 1. The molecule has 0 radical (unpaired) electrons. The maximum absolute atomic E-state index is 14.9. The van der Waals surface area contributed by atoms with Crippen LogP contribution in [0, 0.1) is 5.92 Å². The predicted octanol–water partition coefficient (Wildman–Crippen LogP) is 3.02. The molecule has 424 valence electrons. The molecule has 1 aliphatic heterocycles. The molecule has 1 saturated heterocycles. The molecule has 0 aliphatic carbocycles. The van der Waals surface area contributed by atoms with Crippen LogP contribution in [0.4, 0.5) is 11.4 Å². The van der Waals surface area contributed by atoms with Crippen molar-refractivity contribution in [3.8, 4) is 5.75 Å². The molecule has 0 spiro atoms. The summed E-state index contributed by atoms with van der Waals surface area (Å²) in [6, 6.07) is 22.4. The number of hydrogen-bond acceptors (Lipinski definition) is 16. The lowest BCUT2D eigenvalue weighted by Crippen LogP contribution is -2.61. The number of nitrogens with two attached hydrogens (primary N) is 3. The average Bonchev–Trinajstić information content (AvgIpc) is 3.48. The normalized spacial score (nSPS) is 21.2. The number of azo groups is 1. The number of unbranched alkanes of at least 4 members (excludes halogenated alkanes) is 1. The van der Waals surface area contributed by atoms with Crippen molar-refractivity contribution in [1.29, 1.82) is 0 Å². The summed E-state index contributed by atoms with van der Waals surface area (Å²) in [6.45, 7) is 4.79. The summed E-state index contributed by atoms with van der Waals surface area (Å²) in [5.41, 5.74) is 20.0. The third-order valence-corrected chi connectivity index (χ3v) is 15.4. The van der Waals surface area contributed by atoms with Crippen molar-refractivity contribution in [2.75, 3.05) is 18.1 Å². The van der Waals surface area contributed by atoms with Gasteiger partial charge in [0.15, 0.2) is 0 Å². The standard InChI is InChI=1S/C56H68N12O10S2/c1-31(2)46-55(77)63-44(53(75)65-47(32(3)69)49(59)71)30-80-79-29-43(62-54(76)45(58)37-19-18-34-11-7-8-12-36(34)28-37)52(74)61-42(27-33-16-24-40(70)25-17-33)51(73)66-48(56(78)60-41(50(72)64-46)15-9-10-26-57)35-20-22-39(23-21-35)68-67-38-13-5-4-6-14-38/h4-8,11-14,16-25,28,31-32,41-48,69-70H,9-10,15,26-27,29-30,57-58H2,1-3H3,(H2,59,71)(H,60,78)(H,61,74)(H,62,76)(H,63,77)(H,64,72)(H,65,75)(H,66,73)/b68-67+/t32-,41+,42+,43+,44+,45?,46+,47+,48?/m1/s1. The Morgan fingerprint density at radius 3 is 1.96 bits per heavy atom. The van der Waals surface area contributed by atoms with Crippen LogP contribution in [0.25, 0.3) is 10.8 Å². The number of hydrogen-bond donors (Lipinski definition) is 12. The molecular formula is C56H68N12O10S2. The van der Waals surface area contributed by atoms with Gasteiger partial charge in [-0.3, -0.25) is 38.4 Å². The number of carbonyl (C=O) groups is 8. The highest BCUT2D eigenvalue weighted by Gasteiger charge is 2.37. The van der Waals surface area contributed by atoms with Crippen LogP contribution in [0.2, 0.25) is 0 Å². The van der Waals surface area contributed by atoms with E-state index in [2.05, 4.69) is 47.4 Å². The van der Waals surface area contributed by atoms with Crippen LogP contribution in [0.3, 0.4) is 0 Å². The Hall–Kier alpha value is -7.90. The first-order chi connectivity index (χ1) is 38.3. The number of phenolic OH excluding ortho intramolecular Hbond substituents is 1. The lowest BCUT2D eigenvalue weighted by atomic mass is 10.00. The smallest absolute Gasteiger partial charge is 0.247 e. The Bertz CT molecular complexity index is 2990. The van der Waals surface area contributed by atoms with Gasteiger partial charge in [-0.25, -0.2) is 0 Å². The number of nitrogens with one attached hydrogen (secondary N) is 7. The molecule has 8 amide bonds. The van der Waals surface area contributed by atoms with Crippen LogP contribution < -0.4 is 54.4 Å². The summed E-state index contributed by atoms with van der Waals surface area (Å²) in [5, 5.41) is 49.6. The highest BCUT2D eigenvalue weighted by atomic mass is 33.1. The third-order valence-electron chi connectivity index (χ3n) is 13.0. The van der Waals surface area contributed by atoms with E-state index in [-0.39, 0.29) is 42.2 Å². The lowest BCUT2D eigenvalue weighted by molar-refractivity contribution is -0.136. The summed E-state index contributed by atoms with van der Waals surface area (Å²) >= 11 is 0. The number of aromatic hydroxyl groups is 1. The molecule has 22 nitrogen and oxygen atoms in total. The van der Waals surface area contributed by atoms with Gasteiger partial charge in [0, 0.05) is 17.9 Å². The number of nitrogens with zero attached hydrogens (tertiary/aromatic N) is 2. The number of rotatable bonds is 17. The Kier molecular flexibility index (Phi) is 22.9. The Morgan fingerprint density at radius 2 is 1.31 bits per heavy atom. The number of fused-ring (bicyclic) bond motifs is 1. The number of primary amides is 1. The van der Waals surface area contributed by atoms with Gasteiger partial charge < -0.3 is 64.6 Å². The number of aliphatic hydroxyl groups is 1. The summed E-state index contributed by atoms with van der Waals surface area (Å²) in [6.07, 6.45) is -0.799. The van der Waals surface area contributed by atoms with Crippen LogP contribution in [0.15, 0.2) is 132 Å². The van der Waals surface area contributed by atoms with Crippen molar-refractivity contribution >= 4 is 91.0 Å². The van der Waals surface area contributed by atoms with Crippen molar-refractivity contribution in [3.63, 3.8) is 0 Å². The van der Waals surface area contributed by atoms with E-state index in [0.29, 0.717) is 35.3 Å². The van der Waals surface area contributed by atoms with Gasteiger partial charge in [0.1, 0.15) is 54.1 Å². The highest BCUT2D eigenvalue weighted by molar-refractivity contribution is 8.76. The molecule has 0 aromatic heterocycles. The number of benzene rings is 5. The molecule has 15 N–H and O–H groups in total. The minimum absolute atomic E-state index is 0.0323. The third kappa shape index (κ3) is 17.8. The molecule has 9 atom stereocenters. The Morgan fingerprint density at radius 1 is 0.688 bits per heavy atom. The summed E-state index contributed by atoms with van der Waals surface area (Å²) in [7, 11) is 1.99. The van der Waals surface area contributed by atoms with Crippen LogP contribution in [-0.4, -0.2) is 118 Å². The first kappa shape index (κ1) is 61.3. The monoisotopic (exact) mass is 1130 g/mol. The van der Waals surface area contributed by atoms with Gasteiger partial charge in [0.05, 0.1) is 17.5 Å². The van der Waals surface area contributed by atoms with Crippen LogP contribution >= 0.6 is 21.6 Å². The minimum atomic E-state index is -1.56. The van der Waals surface area contributed by atoms with Crippen molar-refractivity contribution < 1.29 is 48.6 Å². The van der Waals surface area contributed by atoms with E-state index in [0.717, 1.165) is 32.4 Å². The van der Waals surface area contributed by atoms with Gasteiger partial charge >= 0.3 is 0 Å². The van der Waals surface area contributed by atoms with E-state index >= 15 is 0 Å². The van der Waals surface area contributed by atoms with Crippen molar-refractivity contribution in [1.82, 2.24) is 37.2 Å². The zero-order valence-corrected chi connectivity index (χ0v) is 46.0. The molecule has 80 heavy (non-hydrogen) atoms. The molecule has 5 aromatic carbocycles. The molecular weight excluding hydrogens is 1060 g/mol. The maximum Gasteiger partial charge on any atom is 0.247 e. The molecule has 5 aromatic rings. The molecule has 1 fully saturated rings. The second-order valence-corrected chi connectivity index (χ2v) is 22.0. The van der Waals surface area contributed by atoms with Gasteiger partial charge in [-0.1, -0.05) is 114 Å². The van der Waals surface area contributed by atoms with Crippen LogP contribution in [-0.2, 0) is 44.8 Å². The number of phenols is 1. The maximum atomic E-state index is 14.9. The largest absolute Gasteiger partial charge is 0.508 e. The molecule has 0 saturated carbocycles. The van der Waals surface area contributed by atoms with E-state index in [4.69, 9.17) is 17.2 Å². The van der Waals surface area contributed by atoms with Gasteiger partial charge in [0.2, 0.25) is 47.3 Å². The summed E-state index contributed by atoms with van der Waals surface area (Å²) in [4.78, 5) is 114. The summed E-state index contributed by atoms with van der Waals surface area (Å²) in [5.74, 6) is -8.08. The minimum Gasteiger partial charge on any atom is -0.508 e. The fraction of sp³-hybridized carbons (Fsp3) is 0.357. The van der Waals surface area contributed by atoms with Crippen molar-refractivity contribution in [3.05, 3.63) is 138 Å². The quantitative estimate of drug-likeness (QED) is 0.0362. The zero-order chi connectivity index (χ0) is 57.9. The van der Waals surface area contributed by atoms with Crippen LogP contribution in [0.5, 0.6) is 5.75 Å². The summed E-state index contributed by atoms with van der Waals surface area (Å²) < 4.78 is 0. The SMILES string of the molecule is CC(C)[C@@H]1NC(=O)[C@H](CCCCN)NC(=O)C(c2ccc(/N=N/c3ccccc3)cc2)NC(=O)[C@H](Cc2ccc(O)cc2)NC(=O)[C@@H](NC(=O)C(N)c2ccc3ccccc3c2)CSSC[C@@H](C(=O)N[C@H](C(N)=O)[C@@H](C)O)NC1=O. The molecule has 6 rings (SSSR count). The molecule has 0 bridgehead atoms. The van der Waals surface area contributed by atoms with Crippen molar-refractivity contribution in [2.24, 2.45) is 33.3 Å². The molecule has 2 unspecified atom stereocenters. The predicted molar refractivity (Wildman–Crippen MR) is 306 cm³/mol. The fourth-order valence-electron chi connectivity index (χ4n) is 8.40. The van der Waals surface area contributed by atoms with E-state index in [1.807, 2.05) is 30.3 Å². The molecule has 1 aliphatic rings. The van der Waals surface area contributed by atoms with Gasteiger partial charge in [-0.05, 0) is 109 Å². The Labute approximate surface area is 470 Å². The zero-order valence-electron chi connectivity index (χ0n) is 44.4. The lowest BCUT2D eigenvalue weighted by Gasteiger charge is -2.29. The topological polar surface area (TPSA) is 364 Å². The first-order valence-electron chi connectivity index (χ1n) is 25.9. The fourth-order valence-corrected chi connectivity index (χ4v) is 10.7. The molecule has 1 heterocycles. The molecule has 24 heteroatoms.